The van der Waals surface area contributed by atoms with E-state index in [0.29, 0.717) is 0 Å². The first-order chi connectivity index (χ1) is 8.36. The van der Waals surface area contributed by atoms with Crippen LogP contribution in [0.2, 0.25) is 0 Å². The van der Waals surface area contributed by atoms with Crippen molar-refractivity contribution in [1.82, 2.24) is 0 Å². The summed E-state index contributed by atoms with van der Waals surface area (Å²) in [7, 11) is 0. The quantitative estimate of drug-likeness (QED) is 0.379. The van der Waals surface area contributed by atoms with E-state index in [1.54, 1.807) is 0 Å². The van der Waals surface area contributed by atoms with Crippen LogP contribution < -0.4 is 0 Å². The SMILES string of the molecule is CCCCCC1C2C=CC(C2)C1CCCCC. The van der Waals surface area contributed by atoms with E-state index >= 15 is 0 Å². The van der Waals surface area contributed by atoms with Crippen molar-refractivity contribution in [3.63, 3.8) is 0 Å². The second kappa shape index (κ2) is 6.61. The highest BCUT2D eigenvalue weighted by Crippen LogP contribution is 2.51. The highest BCUT2D eigenvalue weighted by molar-refractivity contribution is 5.13. The van der Waals surface area contributed by atoms with Crippen LogP contribution in [-0.4, -0.2) is 0 Å². The molecule has 0 amide bonds. The summed E-state index contributed by atoms with van der Waals surface area (Å²) in [6.45, 7) is 4.64. The number of allylic oxidation sites excluding steroid dienone is 2. The average Bonchev–Trinajstić information content (AvgIpc) is 2.92. The van der Waals surface area contributed by atoms with Gasteiger partial charge in [0, 0.05) is 0 Å². The third kappa shape index (κ3) is 3.14. The van der Waals surface area contributed by atoms with Gasteiger partial charge in [0.25, 0.3) is 0 Å². The molecule has 0 N–H and O–H groups in total. The molecular formula is C17H30. The van der Waals surface area contributed by atoms with Crippen LogP contribution in [0.1, 0.15) is 71.6 Å². The molecule has 17 heavy (non-hydrogen) atoms. The minimum Gasteiger partial charge on any atom is -0.0848 e. The van der Waals surface area contributed by atoms with Crippen LogP contribution in [0.15, 0.2) is 12.2 Å². The van der Waals surface area contributed by atoms with E-state index in [9.17, 15) is 0 Å². The minimum atomic E-state index is 0.962. The lowest BCUT2D eigenvalue weighted by atomic mass is 9.77. The van der Waals surface area contributed by atoms with Crippen LogP contribution >= 0.6 is 0 Å². The van der Waals surface area contributed by atoms with Gasteiger partial charge in [0.2, 0.25) is 0 Å². The van der Waals surface area contributed by atoms with Gasteiger partial charge >= 0.3 is 0 Å². The van der Waals surface area contributed by atoms with Gasteiger partial charge in [0.05, 0.1) is 0 Å². The molecule has 2 aliphatic carbocycles. The van der Waals surface area contributed by atoms with Gasteiger partial charge in [-0.25, -0.2) is 0 Å². The molecule has 2 rings (SSSR count). The lowest BCUT2D eigenvalue weighted by Crippen LogP contribution is -2.19. The molecule has 0 aromatic heterocycles. The van der Waals surface area contributed by atoms with Crippen molar-refractivity contribution in [2.24, 2.45) is 23.7 Å². The molecule has 0 spiro atoms. The molecule has 0 aromatic rings. The minimum absolute atomic E-state index is 0.962. The summed E-state index contributed by atoms with van der Waals surface area (Å²) in [5.41, 5.74) is 0. The Bertz CT molecular complexity index is 216. The van der Waals surface area contributed by atoms with Crippen LogP contribution in [0.3, 0.4) is 0 Å². The molecule has 0 nitrogen and oxygen atoms in total. The molecule has 0 aromatic carbocycles. The molecule has 1 fully saturated rings. The van der Waals surface area contributed by atoms with Gasteiger partial charge in [-0.1, -0.05) is 64.5 Å². The summed E-state index contributed by atoms with van der Waals surface area (Å²) < 4.78 is 0. The Balaban J connectivity index is 1.81. The van der Waals surface area contributed by atoms with Crippen molar-refractivity contribution in [3.05, 3.63) is 12.2 Å². The first-order valence-electron chi connectivity index (χ1n) is 8.05. The van der Waals surface area contributed by atoms with Crippen molar-refractivity contribution >= 4 is 0 Å². The van der Waals surface area contributed by atoms with Crippen LogP contribution in [0.4, 0.5) is 0 Å². The Labute approximate surface area is 108 Å². The zero-order chi connectivity index (χ0) is 12.1. The normalized spacial score (nSPS) is 34.7. The van der Waals surface area contributed by atoms with E-state index in [1.165, 1.54) is 57.8 Å². The Morgan fingerprint density at radius 2 is 1.24 bits per heavy atom. The largest absolute Gasteiger partial charge is 0.0848 e. The van der Waals surface area contributed by atoms with Gasteiger partial charge in [-0.3, -0.25) is 0 Å². The monoisotopic (exact) mass is 234 g/mol. The van der Waals surface area contributed by atoms with Gasteiger partial charge in [-0.15, -0.1) is 0 Å². The molecule has 4 unspecified atom stereocenters. The summed E-state index contributed by atoms with van der Waals surface area (Å²) in [6, 6.07) is 0. The zero-order valence-corrected chi connectivity index (χ0v) is 11.8. The maximum Gasteiger partial charge on any atom is -0.0196 e. The summed E-state index contributed by atoms with van der Waals surface area (Å²) >= 11 is 0. The number of rotatable bonds is 8. The number of fused-ring (bicyclic) bond motifs is 2. The van der Waals surface area contributed by atoms with Crippen molar-refractivity contribution in [2.45, 2.75) is 71.6 Å². The molecule has 98 valence electrons. The molecule has 4 atom stereocenters. The highest BCUT2D eigenvalue weighted by atomic mass is 14.5. The summed E-state index contributed by atoms with van der Waals surface area (Å²) in [5, 5.41) is 0. The molecule has 0 aliphatic heterocycles. The highest BCUT2D eigenvalue weighted by Gasteiger charge is 2.42. The maximum atomic E-state index is 2.54. The average molecular weight is 234 g/mol. The second-order valence-corrected chi connectivity index (χ2v) is 6.27. The third-order valence-corrected chi connectivity index (χ3v) is 5.08. The fourth-order valence-corrected chi connectivity index (χ4v) is 4.14. The second-order valence-electron chi connectivity index (χ2n) is 6.27. The van der Waals surface area contributed by atoms with Crippen LogP contribution in [-0.2, 0) is 0 Å². The van der Waals surface area contributed by atoms with Crippen molar-refractivity contribution in [2.75, 3.05) is 0 Å². The molecule has 2 bridgehead atoms. The van der Waals surface area contributed by atoms with Crippen LogP contribution in [0.5, 0.6) is 0 Å². The first kappa shape index (κ1) is 13.2. The van der Waals surface area contributed by atoms with Crippen molar-refractivity contribution in [3.8, 4) is 0 Å². The predicted molar refractivity (Wildman–Crippen MR) is 76.0 cm³/mol. The Morgan fingerprint density at radius 1 is 0.765 bits per heavy atom. The molecule has 0 heteroatoms. The Morgan fingerprint density at radius 3 is 1.65 bits per heavy atom. The molecule has 1 saturated carbocycles. The lowest BCUT2D eigenvalue weighted by molar-refractivity contribution is 0.261. The molecule has 2 aliphatic rings. The first-order valence-corrected chi connectivity index (χ1v) is 8.05. The molecule has 0 radical (unpaired) electrons. The Kier molecular flexibility index (Phi) is 5.13. The number of hydrogen-bond acceptors (Lipinski definition) is 0. The van der Waals surface area contributed by atoms with Gasteiger partial charge in [-0.05, 0) is 42.9 Å². The number of hydrogen-bond donors (Lipinski definition) is 0. The summed E-state index contributed by atoms with van der Waals surface area (Å²) in [5.74, 6) is 4.02. The summed E-state index contributed by atoms with van der Waals surface area (Å²) in [6.07, 6.45) is 18.2. The summed E-state index contributed by atoms with van der Waals surface area (Å²) in [4.78, 5) is 0. The van der Waals surface area contributed by atoms with Gasteiger partial charge in [-0.2, -0.15) is 0 Å². The van der Waals surface area contributed by atoms with E-state index in [-0.39, 0.29) is 0 Å². The zero-order valence-electron chi connectivity index (χ0n) is 11.8. The molecule has 0 heterocycles. The van der Waals surface area contributed by atoms with Crippen LogP contribution in [0, 0.1) is 23.7 Å². The fraction of sp³-hybridized carbons (Fsp3) is 0.882. The standard InChI is InChI=1S/C17H30/c1-3-5-7-9-16-14-11-12-15(13-14)17(16)10-8-6-4-2/h11-12,14-17H,3-10,13H2,1-2H3. The fourth-order valence-electron chi connectivity index (χ4n) is 4.14. The topological polar surface area (TPSA) is 0 Å². The van der Waals surface area contributed by atoms with Gasteiger partial charge in [0.1, 0.15) is 0 Å². The Hall–Kier alpha value is -0.260. The smallest absolute Gasteiger partial charge is 0.0196 e. The molecular weight excluding hydrogens is 204 g/mol. The van der Waals surface area contributed by atoms with Crippen molar-refractivity contribution in [1.29, 1.82) is 0 Å². The van der Waals surface area contributed by atoms with Crippen molar-refractivity contribution < 1.29 is 0 Å². The lowest BCUT2D eigenvalue weighted by Gasteiger charge is -2.28. The van der Waals surface area contributed by atoms with E-state index in [2.05, 4.69) is 26.0 Å². The van der Waals surface area contributed by atoms with E-state index in [0.717, 1.165) is 23.7 Å². The van der Waals surface area contributed by atoms with E-state index in [1.807, 2.05) is 0 Å². The van der Waals surface area contributed by atoms with Crippen LogP contribution in [0.25, 0.3) is 0 Å². The van der Waals surface area contributed by atoms with E-state index < -0.39 is 0 Å². The predicted octanol–water partition coefficient (Wildman–Crippen LogP) is 5.59. The van der Waals surface area contributed by atoms with Gasteiger partial charge < -0.3 is 0 Å². The van der Waals surface area contributed by atoms with E-state index in [4.69, 9.17) is 0 Å². The maximum absolute atomic E-state index is 2.54. The third-order valence-electron chi connectivity index (χ3n) is 5.08. The molecule has 0 saturated heterocycles. The number of unbranched alkanes of at least 4 members (excludes halogenated alkanes) is 4. The van der Waals surface area contributed by atoms with Gasteiger partial charge in [0.15, 0.2) is 0 Å².